The molecule has 0 fully saturated rings. The molecule has 0 aromatic heterocycles. The summed E-state index contributed by atoms with van der Waals surface area (Å²) in [6, 6.07) is 4.47. The van der Waals surface area contributed by atoms with Gasteiger partial charge in [0.05, 0.1) is 17.1 Å². The number of hydrogen-bond acceptors (Lipinski definition) is 3. The molecule has 7 heteroatoms. The lowest BCUT2D eigenvalue weighted by molar-refractivity contribution is -0.119. The van der Waals surface area contributed by atoms with E-state index in [1.807, 2.05) is 0 Å². The third-order valence-corrected chi connectivity index (χ3v) is 2.75. The molecule has 106 valence electrons. The summed E-state index contributed by atoms with van der Waals surface area (Å²) in [4.78, 5) is 24.6. The third kappa shape index (κ3) is 4.61. The minimum atomic E-state index is -0.566. The molecule has 0 spiro atoms. The number of nitrogen functional groups attached to an aromatic ring is 1. The summed E-state index contributed by atoms with van der Waals surface area (Å²) >= 11 is 5.97. The summed E-state index contributed by atoms with van der Waals surface area (Å²) in [6.07, 6.45) is 0. The highest BCUT2D eigenvalue weighted by molar-refractivity contribution is 6.34. The molecule has 4 N–H and O–H groups in total. The fraction of sp³-hybridized carbons (Fsp3) is 0.333. The minimum Gasteiger partial charge on any atom is -0.399 e. The monoisotopic (exact) mass is 305 g/mol. The fourth-order valence-corrected chi connectivity index (χ4v) is 1.79. The summed E-state index contributed by atoms with van der Waals surface area (Å²) in [7, 11) is 0. The van der Waals surface area contributed by atoms with Crippen LogP contribution in [0.2, 0.25) is 5.02 Å². The number of nitrogens with two attached hydrogens (primary N) is 2. The number of primary amides is 1. The van der Waals surface area contributed by atoms with E-state index in [1.54, 1.807) is 19.9 Å². The molecule has 0 bridgehead atoms. The van der Waals surface area contributed by atoms with E-state index in [0.717, 1.165) is 0 Å². The Morgan fingerprint density at radius 1 is 1.37 bits per heavy atom. The highest BCUT2D eigenvalue weighted by Crippen LogP contribution is 2.21. The number of rotatable bonds is 4. The molecule has 19 heavy (non-hydrogen) atoms. The van der Waals surface area contributed by atoms with Crippen molar-refractivity contribution in [3.63, 3.8) is 0 Å². The van der Waals surface area contributed by atoms with Crippen LogP contribution < -0.4 is 11.5 Å². The van der Waals surface area contributed by atoms with Crippen LogP contribution in [0.4, 0.5) is 5.69 Å². The predicted molar refractivity (Wildman–Crippen MR) is 78.5 cm³/mol. The Balaban J connectivity index is 0.00000324. The van der Waals surface area contributed by atoms with Gasteiger partial charge in [-0.15, -0.1) is 12.4 Å². The first-order valence-corrected chi connectivity index (χ1v) is 5.85. The molecule has 0 unspecified atom stereocenters. The molecule has 0 aliphatic carbocycles. The van der Waals surface area contributed by atoms with Gasteiger partial charge >= 0.3 is 0 Å². The van der Waals surface area contributed by atoms with Gasteiger partial charge < -0.3 is 16.4 Å². The van der Waals surface area contributed by atoms with E-state index in [2.05, 4.69) is 0 Å². The molecule has 0 saturated heterocycles. The Bertz CT molecular complexity index is 478. The van der Waals surface area contributed by atoms with Crippen LogP contribution in [0.3, 0.4) is 0 Å². The molecule has 0 atom stereocenters. The second-order valence-electron chi connectivity index (χ2n) is 4.23. The lowest BCUT2D eigenvalue weighted by atomic mass is 10.1. The SMILES string of the molecule is CC(C)N(CC(N)=O)C(=O)c1ccc(N)cc1Cl.Cl. The van der Waals surface area contributed by atoms with Crippen molar-refractivity contribution in [2.75, 3.05) is 12.3 Å². The average molecular weight is 306 g/mol. The second-order valence-corrected chi connectivity index (χ2v) is 4.64. The first-order chi connectivity index (χ1) is 8.32. The number of hydrogen-bond donors (Lipinski definition) is 2. The topological polar surface area (TPSA) is 89.4 Å². The number of nitrogens with zero attached hydrogens (tertiary/aromatic N) is 1. The van der Waals surface area contributed by atoms with E-state index in [0.29, 0.717) is 11.3 Å². The molecule has 0 radical (unpaired) electrons. The van der Waals surface area contributed by atoms with Crippen LogP contribution in [0.5, 0.6) is 0 Å². The first-order valence-electron chi connectivity index (χ1n) is 5.47. The highest BCUT2D eigenvalue weighted by Gasteiger charge is 2.22. The number of amides is 2. The van der Waals surface area contributed by atoms with Crippen LogP contribution in [-0.4, -0.2) is 29.3 Å². The zero-order chi connectivity index (χ0) is 13.9. The van der Waals surface area contributed by atoms with Crippen LogP contribution in [0.25, 0.3) is 0 Å². The van der Waals surface area contributed by atoms with E-state index < -0.39 is 5.91 Å². The van der Waals surface area contributed by atoms with Crippen LogP contribution in [0.1, 0.15) is 24.2 Å². The Labute approximate surface area is 123 Å². The van der Waals surface area contributed by atoms with Crippen LogP contribution in [0.15, 0.2) is 18.2 Å². The molecule has 5 nitrogen and oxygen atoms in total. The molecule has 0 aliphatic heterocycles. The Morgan fingerprint density at radius 3 is 2.37 bits per heavy atom. The number of benzene rings is 1. The molecular weight excluding hydrogens is 289 g/mol. The lowest BCUT2D eigenvalue weighted by Gasteiger charge is -2.25. The summed E-state index contributed by atoms with van der Waals surface area (Å²) in [6.45, 7) is 3.45. The summed E-state index contributed by atoms with van der Waals surface area (Å²) < 4.78 is 0. The van der Waals surface area contributed by atoms with Crippen LogP contribution in [-0.2, 0) is 4.79 Å². The molecule has 1 aromatic rings. The fourth-order valence-electron chi connectivity index (χ4n) is 1.52. The maximum absolute atomic E-state index is 12.2. The maximum atomic E-state index is 12.2. The van der Waals surface area contributed by atoms with Crippen molar-refractivity contribution in [2.45, 2.75) is 19.9 Å². The maximum Gasteiger partial charge on any atom is 0.256 e. The zero-order valence-corrected chi connectivity index (χ0v) is 12.3. The van der Waals surface area contributed by atoms with Gasteiger partial charge in [-0.25, -0.2) is 0 Å². The standard InChI is InChI=1S/C12H16ClN3O2.ClH/c1-7(2)16(6-11(15)17)12(18)9-4-3-8(14)5-10(9)13;/h3-5,7H,6,14H2,1-2H3,(H2,15,17);1H. The van der Waals surface area contributed by atoms with E-state index in [4.69, 9.17) is 23.1 Å². The Kier molecular flexibility index (Phi) is 6.65. The van der Waals surface area contributed by atoms with Gasteiger partial charge in [0.15, 0.2) is 0 Å². The summed E-state index contributed by atoms with van der Waals surface area (Å²) in [5, 5.41) is 0.259. The predicted octanol–water partition coefficient (Wildman–Crippen LogP) is 1.68. The molecule has 0 aliphatic rings. The van der Waals surface area contributed by atoms with Gasteiger partial charge in [-0.2, -0.15) is 0 Å². The molecular formula is C12H17Cl2N3O2. The van der Waals surface area contributed by atoms with Crippen molar-refractivity contribution in [1.82, 2.24) is 4.90 Å². The van der Waals surface area contributed by atoms with Gasteiger partial charge in [-0.1, -0.05) is 11.6 Å². The normalized spacial score (nSPS) is 9.89. The van der Waals surface area contributed by atoms with E-state index in [-0.39, 0.29) is 35.9 Å². The second kappa shape index (κ2) is 7.21. The summed E-state index contributed by atoms with van der Waals surface area (Å²) in [5.41, 5.74) is 11.5. The third-order valence-electron chi connectivity index (χ3n) is 2.43. The molecule has 2 amide bonds. The van der Waals surface area contributed by atoms with Gasteiger partial charge in [0, 0.05) is 11.7 Å². The Morgan fingerprint density at radius 2 is 1.95 bits per heavy atom. The van der Waals surface area contributed by atoms with Crippen molar-refractivity contribution in [2.24, 2.45) is 5.73 Å². The highest BCUT2D eigenvalue weighted by atomic mass is 35.5. The van der Waals surface area contributed by atoms with Gasteiger partial charge in [-0.05, 0) is 32.0 Å². The quantitative estimate of drug-likeness (QED) is 0.829. The van der Waals surface area contributed by atoms with Crippen LogP contribution >= 0.6 is 24.0 Å². The molecule has 0 heterocycles. The van der Waals surface area contributed by atoms with Gasteiger partial charge in [0.2, 0.25) is 5.91 Å². The van der Waals surface area contributed by atoms with E-state index in [9.17, 15) is 9.59 Å². The van der Waals surface area contributed by atoms with Crippen LogP contribution in [0, 0.1) is 0 Å². The van der Waals surface area contributed by atoms with Gasteiger partial charge in [0.25, 0.3) is 5.91 Å². The first kappa shape index (κ1) is 17.5. The average Bonchev–Trinajstić information content (AvgIpc) is 2.24. The van der Waals surface area contributed by atoms with Crippen molar-refractivity contribution >= 4 is 41.5 Å². The zero-order valence-electron chi connectivity index (χ0n) is 10.7. The van der Waals surface area contributed by atoms with Crippen molar-refractivity contribution < 1.29 is 9.59 Å². The Hall–Kier alpha value is -1.46. The lowest BCUT2D eigenvalue weighted by Crippen LogP contribution is -2.42. The van der Waals surface area contributed by atoms with Crippen molar-refractivity contribution in [3.8, 4) is 0 Å². The largest absolute Gasteiger partial charge is 0.399 e. The van der Waals surface area contributed by atoms with Crippen molar-refractivity contribution in [1.29, 1.82) is 0 Å². The van der Waals surface area contributed by atoms with Crippen molar-refractivity contribution in [3.05, 3.63) is 28.8 Å². The van der Waals surface area contributed by atoms with E-state index in [1.165, 1.54) is 17.0 Å². The molecule has 0 saturated carbocycles. The number of anilines is 1. The van der Waals surface area contributed by atoms with Gasteiger partial charge in [0.1, 0.15) is 0 Å². The number of halogens is 2. The number of carbonyl (C=O) groups excluding carboxylic acids is 2. The molecule has 1 rings (SSSR count). The minimum absolute atomic E-state index is 0. The van der Waals surface area contributed by atoms with E-state index >= 15 is 0 Å². The van der Waals surface area contributed by atoms with Gasteiger partial charge in [-0.3, -0.25) is 9.59 Å². The smallest absolute Gasteiger partial charge is 0.256 e. The molecule has 1 aromatic carbocycles. The number of carbonyl (C=O) groups is 2. The summed E-state index contributed by atoms with van der Waals surface area (Å²) in [5.74, 6) is -0.905.